The Morgan fingerprint density at radius 1 is 1.06 bits per heavy atom. The lowest BCUT2D eigenvalue weighted by Gasteiger charge is -2.13. The summed E-state index contributed by atoms with van der Waals surface area (Å²) in [4.78, 5) is 12.3. The first-order chi connectivity index (χ1) is 14.8. The minimum Gasteiger partial charge on any atom is -0.494 e. The van der Waals surface area contributed by atoms with E-state index in [1.807, 2.05) is 0 Å². The van der Waals surface area contributed by atoms with Crippen molar-refractivity contribution in [1.82, 2.24) is 15.1 Å². The molecule has 5 nitrogen and oxygen atoms in total. The van der Waals surface area contributed by atoms with Gasteiger partial charge in [-0.25, -0.2) is 9.07 Å². The van der Waals surface area contributed by atoms with Crippen molar-refractivity contribution in [2.75, 3.05) is 13.2 Å². The van der Waals surface area contributed by atoms with E-state index in [4.69, 9.17) is 16.3 Å². The summed E-state index contributed by atoms with van der Waals surface area (Å²) in [5.41, 5.74) is -1.59. The first-order valence-corrected chi connectivity index (χ1v) is 9.71. The zero-order valence-electron chi connectivity index (χ0n) is 16.1. The van der Waals surface area contributed by atoms with Crippen molar-refractivity contribution in [2.45, 2.75) is 19.0 Å². The molecule has 31 heavy (non-hydrogen) atoms. The summed E-state index contributed by atoms with van der Waals surface area (Å²) in [5.74, 6) is -0.727. The second kappa shape index (κ2) is 9.82. The van der Waals surface area contributed by atoms with Crippen molar-refractivity contribution in [3.8, 4) is 11.4 Å². The predicted molar refractivity (Wildman–Crippen MR) is 107 cm³/mol. The molecule has 0 spiro atoms. The van der Waals surface area contributed by atoms with Gasteiger partial charge in [0.25, 0.3) is 5.91 Å². The van der Waals surface area contributed by atoms with E-state index in [-0.39, 0.29) is 18.0 Å². The summed E-state index contributed by atoms with van der Waals surface area (Å²) in [6, 6.07) is 11.2. The van der Waals surface area contributed by atoms with Crippen LogP contribution in [0.25, 0.3) is 5.69 Å². The second-order valence-corrected chi connectivity index (χ2v) is 6.99. The van der Waals surface area contributed by atoms with Crippen LogP contribution in [0, 0.1) is 5.82 Å². The van der Waals surface area contributed by atoms with Gasteiger partial charge < -0.3 is 10.1 Å². The van der Waals surface area contributed by atoms with Crippen LogP contribution in [0.15, 0.2) is 54.7 Å². The molecule has 0 aliphatic carbocycles. The number of benzene rings is 2. The minimum atomic E-state index is -4.79. The van der Waals surface area contributed by atoms with Gasteiger partial charge in [0.1, 0.15) is 11.6 Å². The molecule has 3 aromatic rings. The molecular weight excluding hydrogens is 438 g/mol. The van der Waals surface area contributed by atoms with Crippen LogP contribution in [0.2, 0.25) is 5.02 Å². The maximum absolute atomic E-state index is 13.6. The van der Waals surface area contributed by atoms with E-state index >= 15 is 0 Å². The zero-order chi connectivity index (χ0) is 22.4. The smallest absolute Gasteiger partial charge is 0.434 e. The van der Waals surface area contributed by atoms with Crippen LogP contribution in [0.1, 0.15) is 28.9 Å². The molecule has 0 bridgehead atoms. The average molecular weight is 456 g/mol. The number of ether oxygens (including phenoxy) is 1. The molecule has 3 rings (SSSR count). The van der Waals surface area contributed by atoms with Gasteiger partial charge in [-0.05, 0) is 61.4 Å². The number of unbranched alkanes of at least 4 members (excludes halogenated alkanes) is 1. The van der Waals surface area contributed by atoms with Gasteiger partial charge in [-0.3, -0.25) is 4.79 Å². The summed E-state index contributed by atoms with van der Waals surface area (Å²) in [6.45, 7) is 0.485. The SMILES string of the molecule is O=C(NCCCCOc1ccc(F)cc1)c1cnn(-c2ccc(Cl)cc2)c1C(F)(F)F. The van der Waals surface area contributed by atoms with Gasteiger partial charge in [-0.15, -0.1) is 0 Å². The first-order valence-electron chi connectivity index (χ1n) is 9.33. The fourth-order valence-electron chi connectivity index (χ4n) is 2.81. The lowest BCUT2D eigenvalue weighted by Crippen LogP contribution is -2.27. The minimum absolute atomic E-state index is 0.133. The molecule has 1 amide bonds. The Kier molecular flexibility index (Phi) is 7.17. The number of hydrogen-bond acceptors (Lipinski definition) is 3. The number of alkyl halides is 3. The molecule has 0 atom stereocenters. The quantitative estimate of drug-likeness (QED) is 0.372. The molecule has 0 radical (unpaired) electrons. The Labute approximate surface area is 180 Å². The highest BCUT2D eigenvalue weighted by Gasteiger charge is 2.40. The Bertz CT molecular complexity index is 1020. The van der Waals surface area contributed by atoms with E-state index in [1.54, 1.807) is 0 Å². The molecule has 0 fully saturated rings. The number of amides is 1. The topological polar surface area (TPSA) is 56.1 Å². The molecule has 1 heterocycles. The number of carbonyl (C=O) groups excluding carboxylic acids is 1. The number of aromatic nitrogens is 2. The van der Waals surface area contributed by atoms with Crippen LogP contribution in [-0.2, 0) is 6.18 Å². The molecule has 0 aliphatic heterocycles. The van der Waals surface area contributed by atoms with Crippen molar-refractivity contribution < 1.29 is 27.1 Å². The predicted octanol–water partition coefficient (Wildman–Crippen LogP) is 5.27. The normalized spacial score (nSPS) is 11.4. The lowest BCUT2D eigenvalue weighted by atomic mass is 10.2. The Morgan fingerprint density at radius 3 is 2.39 bits per heavy atom. The summed E-state index contributed by atoms with van der Waals surface area (Å²) >= 11 is 5.78. The highest BCUT2D eigenvalue weighted by Crippen LogP contribution is 2.33. The van der Waals surface area contributed by atoms with Gasteiger partial charge >= 0.3 is 6.18 Å². The van der Waals surface area contributed by atoms with Crippen LogP contribution in [-0.4, -0.2) is 28.8 Å². The van der Waals surface area contributed by atoms with Crippen molar-refractivity contribution in [3.63, 3.8) is 0 Å². The highest BCUT2D eigenvalue weighted by molar-refractivity contribution is 6.30. The number of carbonyl (C=O) groups is 1. The molecule has 0 saturated heterocycles. The maximum atomic E-state index is 13.6. The second-order valence-electron chi connectivity index (χ2n) is 6.56. The molecular formula is C21H18ClF4N3O2. The molecule has 1 N–H and O–H groups in total. The van der Waals surface area contributed by atoms with Gasteiger partial charge in [0.2, 0.25) is 0 Å². The summed E-state index contributed by atoms with van der Waals surface area (Å²) < 4.78 is 59.8. The molecule has 164 valence electrons. The van der Waals surface area contributed by atoms with Gasteiger partial charge in [-0.2, -0.15) is 18.3 Å². The average Bonchev–Trinajstić information content (AvgIpc) is 3.18. The summed E-state index contributed by atoms with van der Waals surface area (Å²) in [5, 5.41) is 6.59. The molecule has 0 unspecified atom stereocenters. The Morgan fingerprint density at radius 2 is 1.74 bits per heavy atom. The van der Waals surface area contributed by atoms with Gasteiger partial charge in [0.05, 0.1) is 24.1 Å². The van der Waals surface area contributed by atoms with Crippen LogP contribution in [0.5, 0.6) is 5.75 Å². The van der Waals surface area contributed by atoms with E-state index in [0.29, 0.717) is 34.9 Å². The molecule has 0 saturated carbocycles. The number of rotatable bonds is 8. The standard InChI is InChI=1S/C21H18ClF4N3O2/c22-14-3-7-16(8-4-14)29-19(21(24,25)26)18(13-28-29)20(30)27-11-1-2-12-31-17-9-5-15(23)6-10-17/h3-10,13H,1-2,11-12H2,(H,27,30). The van der Waals surface area contributed by atoms with Crippen LogP contribution >= 0.6 is 11.6 Å². The third-order valence-electron chi connectivity index (χ3n) is 4.29. The fraction of sp³-hybridized carbons (Fsp3) is 0.238. The highest BCUT2D eigenvalue weighted by atomic mass is 35.5. The van der Waals surface area contributed by atoms with Crippen LogP contribution in [0.3, 0.4) is 0 Å². The van der Waals surface area contributed by atoms with Gasteiger partial charge in [-0.1, -0.05) is 11.6 Å². The zero-order valence-corrected chi connectivity index (χ0v) is 16.9. The molecule has 0 aliphatic rings. The van der Waals surface area contributed by atoms with E-state index in [9.17, 15) is 22.4 Å². The van der Waals surface area contributed by atoms with Gasteiger partial charge in [0, 0.05) is 11.6 Å². The number of halogens is 5. The first kappa shape index (κ1) is 22.6. The van der Waals surface area contributed by atoms with Crippen molar-refractivity contribution in [2.24, 2.45) is 0 Å². The summed E-state index contributed by atoms with van der Waals surface area (Å²) in [7, 11) is 0. The van der Waals surface area contributed by atoms with Crippen LogP contribution < -0.4 is 10.1 Å². The third-order valence-corrected chi connectivity index (χ3v) is 4.54. The van der Waals surface area contributed by atoms with Crippen LogP contribution in [0.4, 0.5) is 17.6 Å². The van der Waals surface area contributed by atoms with Crippen molar-refractivity contribution in [1.29, 1.82) is 0 Å². The van der Waals surface area contributed by atoms with Crippen molar-refractivity contribution in [3.05, 3.63) is 76.8 Å². The fourth-order valence-corrected chi connectivity index (χ4v) is 2.94. The lowest BCUT2D eigenvalue weighted by molar-refractivity contribution is -0.143. The van der Waals surface area contributed by atoms with Gasteiger partial charge in [0.15, 0.2) is 5.69 Å². The van der Waals surface area contributed by atoms with E-state index in [2.05, 4.69) is 10.4 Å². The molecule has 2 aromatic carbocycles. The Hall–Kier alpha value is -3.07. The largest absolute Gasteiger partial charge is 0.494 e. The number of nitrogens with zero attached hydrogens (tertiary/aromatic N) is 2. The van der Waals surface area contributed by atoms with E-state index in [0.717, 1.165) is 6.20 Å². The number of hydrogen-bond donors (Lipinski definition) is 1. The monoisotopic (exact) mass is 455 g/mol. The summed E-state index contributed by atoms with van der Waals surface area (Å²) in [6.07, 6.45) is -2.86. The van der Waals surface area contributed by atoms with E-state index < -0.39 is 23.3 Å². The van der Waals surface area contributed by atoms with E-state index in [1.165, 1.54) is 48.5 Å². The van der Waals surface area contributed by atoms with Crippen molar-refractivity contribution >= 4 is 17.5 Å². The third kappa shape index (κ3) is 5.97. The Balaban J connectivity index is 1.57. The number of nitrogens with one attached hydrogen (secondary N) is 1. The molecule has 10 heteroatoms. The molecule has 1 aromatic heterocycles. The maximum Gasteiger partial charge on any atom is 0.434 e.